The number of nitrogens with one attached hydrogen (secondary N) is 1. The zero-order chi connectivity index (χ0) is 13.2. The Bertz CT molecular complexity index is 407. The molecule has 0 fully saturated rings. The van der Waals surface area contributed by atoms with Crippen LogP contribution in [0.15, 0.2) is 42.1 Å². The first kappa shape index (κ1) is 14.6. The molecule has 0 saturated carbocycles. The molecule has 0 bridgehead atoms. The predicted molar refractivity (Wildman–Crippen MR) is 78.2 cm³/mol. The van der Waals surface area contributed by atoms with Gasteiger partial charge in [0.25, 0.3) is 0 Å². The first-order valence-electron chi connectivity index (χ1n) is 5.74. The summed E-state index contributed by atoms with van der Waals surface area (Å²) in [6, 6.07) is 7.63. The molecule has 1 aromatic carbocycles. The van der Waals surface area contributed by atoms with E-state index in [-0.39, 0.29) is 5.84 Å². The fraction of sp³-hybridized carbons (Fsp3) is 0.308. The molecule has 18 heavy (non-hydrogen) atoms. The number of oxime groups is 1. The minimum atomic E-state index is 0.147. The number of rotatable bonds is 8. The van der Waals surface area contributed by atoms with Crippen LogP contribution in [0.25, 0.3) is 0 Å². The summed E-state index contributed by atoms with van der Waals surface area (Å²) in [5.41, 5.74) is 7.42. The normalized spacial score (nSPS) is 11.4. The van der Waals surface area contributed by atoms with Gasteiger partial charge < -0.3 is 16.3 Å². The van der Waals surface area contributed by atoms with Crippen LogP contribution in [-0.4, -0.2) is 29.1 Å². The zero-order valence-electron chi connectivity index (χ0n) is 10.3. The number of nitrogens with zero attached hydrogens (tertiary/aromatic N) is 1. The summed E-state index contributed by atoms with van der Waals surface area (Å²) < 4.78 is 0. The Kier molecular flexibility index (Phi) is 6.98. The first-order chi connectivity index (χ1) is 8.79. The molecule has 0 atom stereocenters. The first-order valence-corrected chi connectivity index (χ1v) is 6.90. The molecule has 4 nitrogen and oxygen atoms in total. The van der Waals surface area contributed by atoms with Gasteiger partial charge in [-0.3, -0.25) is 0 Å². The van der Waals surface area contributed by atoms with Crippen molar-refractivity contribution in [3.8, 4) is 0 Å². The smallest absolute Gasteiger partial charge is 0.170 e. The van der Waals surface area contributed by atoms with E-state index < -0.39 is 0 Å². The molecule has 0 radical (unpaired) electrons. The van der Waals surface area contributed by atoms with Crippen molar-refractivity contribution in [1.29, 1.82) is 0 Å². The lowest BCUT2D eigenvalue weighted by molar-refractivity contribution is 0.318. The minimum absolute atomic E-state index is 0.147. The fourth-order valence-corrected chi connectivity index (χ4v) is 2.13. The molecule has 98 valence electrons. The molecule has 0 amide bonds. The lowest BCUT2D eigenvalue weighted by Crippen LogP contribution is -2.21. The van der Waals surface area contributed by atoms with E-state index >= 15 is 0 Å². The molecule has 0 heterocycles. The van der Waals surface area contributed by atoms with E-state index in [1.54, 1.807) is 0 Å². The molecule has 4 N–H and O–H groups in total. The van der Waals surface area contributed by atoms with E-state index in [4.69, 9.17) is 10.9 Å². The molecule has 0 aliphatic rings. The van der Waals surface area contributed by atoms with Gasteiger partial charge in [0.05, 0.1) is 0 Å². The van der Waals surface area contributed by atoms with Gasteiger partial charge in [0.15, 0.2) is 5.84 Å². The molecule has 1 rings (SSSR count). The highest BCUT2D eigenvalue weighted by Gasteiger charge is 2.05. The van der Waals surface area contributed by atoms with E-state index in [1.165, 1.54) is 0 Å². The standard InChI is InChI=1S/C13H19N3OS/c1-2-8-18-9-7-15-10-11-5-3-4-6-12(11)13(14)16-17/h2-6,15,17H,1,7-10H2,(H2,14,16). The molecule has 0 aliphatic heterocycles. The molecular formula is C13H19N3OS. The molecular weight excluding hydrogens is 246 g/mol. The van der Waals surface area contributed by atoms with Crippen LogP contribution in [0, 0.1) is 0 Å². The summed E-state index contributed by atoms with van der Waals surface area (Å²) in [5, 5.41) is 15.1. The second-order valence-corrected chi connectivity index (χ2v) is 4.83. The van der Waals surface area contributed by atoms with Gasteiger partial charge in [-0.25, -0.2) is 0 Å². The van der Waals surface area contributed by atoms with E-state index in [1.807, 2.05) is 42.1 Å². The number of thioether (sulfide) groups is 1. The second-order valence-electron chi connectivity index (χ2n) is 3.68. The Labute approximate surface area is 112 Å². The third-order valence-corrected chi connectivity index (χ3v) is 3.34. The summed E-state index contributed by atoms with van der Waals surface area (Å²) in [6.07, 6.45) is 1.90. The van der Waals surface area contributed by atoms with Gasteiger partial charge >= 0.3 is 0 Å². The van der Waals surface area contributed by atoms with Crippen molar-refractivity contribution in [2.45, 2.75) is 6.54 Å². The summed E-state index contributed by atoms with van der Waals surface area (Å²) in [4.78, 5) is 0. The van der Waals surface area contributed by atoms with Crippen molar-refractivity contribution in [1.82, 2.24) is 5.32 Å². The Morgan fingerprint density at radius 3 is 3.00 bits per heavy atom. The van der Waals surface area contributed by atoms with E-state index in [9.17, 15) is 0 Å². The average molecular weight is 265 g/mol. The number of nitrogens with two attached hydrogens (primary N) is 1. The quantitative estimate of drug-likeness (QED) is 0.167. The predicted octanol–water partition coefficient (Wildman–Crippen LogP) is 1.79. The monoisotopic (exact) mass is 265 g/mol. The largest absolute Gasteiger partial charge is 0.409 e. The fourth-order valence-electron chi connectivity index (χ4n) is 1.51. The number of hydrogen-bond acceptors (Lipinski definition) is 4. The Balaban J connectivity index is 2.44. The van der Waals surface area contributed by atoms with Gasteiger partial charge in [0, 0.05) is 30.2 Å². The van der Waals surface area contributed by atoms with Crippen molar-refractivity contribution < 1.29 is 5.21 Å². The van der Waals surface area contributed by atoms with Crippen molar-refractivity contribution in [2.24, 2.45) is 10.9 Å². The van der Waals surface area contributed by atoms with Gasteiger partial charge in [-0.1, -0.05) is 35.5 Å². The highest BCUT2D eigenvalue weighted by Crippen LogP contribution is 2.08. The topological polar surface area (TPSA) is 70.6 Å². The van der Waals surface area contributed by atoms with Crippen LogP contribution in [0.4, 0.5) is 0 Å². The summed E-state index contributed by atoms with van der Waals surface area (Å²) in [6.45, 7) is 5.30. The van der Waals surface area contributed by atoms with Crippen molar-refractivity contribution >= 4 is 17.6 Å². The highest BCUT2D eigenvalue weighted by atomic mass is 32.2. The van der Waals surface area contributed by atoms with Gasteiger partial charge in [0.2, 0.25) is 0 Å². The van der Waals surface area contributed by atoms with Crippen LogP contribution in [0.1, 0.15) is 11.1 Å². The maximum absolute atomic E-state index is 8.71. The Morgan fingerprint density at radius 1 is 1.50 bits per heavy atom. The van der Waals surface area contributed by atoms with Crippen LogP contribution >= 0.6 is 11.8 Å². The van der Waals surface area contributed by atoms with Crippen LogP contribution in [0.2, 0.25) is 0 Å². The van der Waals surface area contributed by atoms with Crippen LogP contribution in [0.5, 0.6) is 0 Å². The maximum atomic E-state index is 8.71. The molecule has 0 unspecified atom stereocenters. The second kappa shape index (κ2) is 8.60. The number of benzene rings is 1. The van der Waals surface area contributed by atoms with Crippen LogP contribution in [-0.2, 0) is 6.54 Å². The molecule has 0 spiro atoms. The van der Waals surface area contributed by atoms with E-state index in [0.717, 1.165) is 29.2 Å². The SMILES string of the molecule is C=CCSCCNCc1ccccc1/C(N)=N\O. The zero-order valence-corrected chi connectivity index (χ0v) is 11.1. The Hall–Kier alpha value is -1.46. The maximum Gasteiger partial charge on any atom is 0.170 e. The number of amidine groups is 1. The van der Waals surface area contributed by atoms with Crippen molar-refractivity contribution in [3.63, 3.8) is 0 Å². The third-order valence-electron chi connectivity index (χ3n) is 2.38. The van der Waals surface area contributed by atoms with Crippen molar-refractivity contribution in [3.05, 3.63) is 48.0 Å². The van der Waals surface area contributed by atoms with E-state index in [2.05, 4.69) is 17.1 Å². The summed E-state index contributed by atoms with van der Waals surface area (Å²) >= 11 is 1.83. The van der Waals surface area contributed by atoms with Crippen LogP contribution < -0.4 is 11.1 Å². The highest BCUT2D eigenvalue weighted by molar-refractivity contribution is 7.99. The molecule has 5 heteroatoms. The molecule has 1 aromatic rings. The van der Waals surface area contributed by atoms with Gasteiger partial charge in [-0.05, 0) is 5.56 Å². The van der Waals surface area contributed by atoms with Gasteiger partial charge in [-0.15, -0.1) is 6.58 Å². The van der Waals surface area contributed by atoms with Crippen molar-refractivity contribution in [2.75, 3.05) is 18.1 Å². The molecule has 0 saturated heterocycles. The van der Waals surface area contributed by atoms with Gasteiger partial charge in [-0.2, -0.15) is 11.8 Å². The summed E-state index contributed by atoms with van der Waals surface area (Å²) in [7, 11) is 0. The van der Waals surface area contributed by atoms with E-state index in [0.29, 0.717) is 6.54 Å². The third kappa shape index (κ3) is 4.81. The number of hydrogen-bond donors (Lipinski definition) is 3. The average Bonchev–Trinajstić information content (AvgIpc) is 2.42. The van der Waals surface area contributed by atoms with Crippen LogP contribution in [0.3, 0.4) is 0 Å². The molecule has 0 aromatic heterocycles. The Morgan fingerprint density at radius 2 is 2.28 bits per heavy atom. The lowest BCUT2D eigenvalue weighted by atomic mass is 10.1. The lowest BCUT2D eigenvalue weighted by Gasteiger charge is -2.09. The summed E-state index contributed by atoms with van der Waals surface area (Å²) in [5.74, 6) is 2.16. The minimum Gasteiger partial charge on any atom is -0.409 e. The van der Waals surface area contributed by atoms with Gasteiger partial charge in [0.1, 0.15) is 0 Å². The molecule has 0 aliphatic carbocycles.